The molecule has 0 bridgehead atoms. The van der Waals surface area contributed by atoms with Crippen LogP contribution in [0, 0.1) is 0 Å². The van der Waals surface area contributed by atoms with E-state index < -0.39 is 5.60 Å². The number of aryl methyl sites for hydroxylation is 2. The van der Waals surface area contributed by atoms with E-state index in [0.29, 0.717) is 18.5 Å². The number of pyridine rings is 1. The van der Waals surface area contributed by atoms with Crippen molar-refractivity contribution in [1.29, 1.82) is 0 Å². The van der Waals surface area contributed by atoms with Gasteiger partial charge in [0.05, 0.1) is 5.60 Å². The van der Waals surface area contributed by atoms with E-state index in [1.54, 1.807) is 20.0 Å². The van der Waals surface area contributed by atoms with E-state index in [4.69, 9.17) is 0 Å². The van der Waals surface area contributed by atoms with Crippen LogP contribution < -0.4 is 5.32 Å². The van der Waals surface area contributed by atoms with Gasteiger partial charge in [-0.1, -0.05) is 18.2 Å². The van der Waals surface area contributed by atoms with Crippen LogP contribution in [0.5, 0.6) is 0 Å². The molecule has 0 atom stereocenters. The van der Waals surface area contributed by atoms with Crippen molar-refractivity contribution in [3.8, 4) is 0 Å². The maximum Gasteiger partial charge on any atom is 0.251 e. The van der Waals surface area contributed by atoms with E-state index in [0.717, 1.165) is 30.5 Å². The molecule has 0 unspecified atom stereocenters. The molecule has 0 aliphatic heterocycles. The van der Waals surface area contributed by atoms with Crippen LogP contribution in [0.25, 0.3) is 0 Å². The molecule has 1 amide bonds. The van der Waals surface area contributed by atoms with E-state index >= 15 is 0 Å². The number of benzene rings is 1. The molecular formula is C20H26N2O2. The lowest BCUT2D eigenvalue weighted by atomic mass is 9.98. The van der Waals surface area contributed by atoms with Crippen LogP contribution in [-0.4, -0.2) is 28.1 Å². The molecule has 24 heavy (non-hydrogen) atoms. The summed E-state index contributed by atoms with van der Waals surface area (Å²) in [5, 5.41) is 12.8. The second-order valence-corrected chi connectivity index (χ2v) is 6.69. The van der Waals surface area contributed by atoms with Crippen molar-refractivity contribution in [1.82, 2.24) is 10.3 Å². The smallest absolute Gasteiger partial charge is 0.251 e. The van der Waals surface area contributed by atoms with Crippen LogP contribution in [0.4, 0.5) is 0 Å². The fourth-order valence-electron chi connectivity index (χ4n) is 2.44. The molecular weight excluding hydrogens is 300 g/mol. The second kappa shape index (κ2) is 8.60. The molecule has 4 nitrogen and oxygen atoms in total. The minimum atomic E-state index is -0.691. The number of carbonyl (C=O) groups excluding carboxylic acids is 1. The van der Waals surface area contributed by atoms with E-state index in [1.807, 2.05) is 42.5 Å². The molecule has 0 spiro atoms. The molecule has 2 N–H and O–H groups in total. The van der Waals surface area contributed by atoms with Gasteiger partial charge in [-0.2, -0.15) is 0 Å². The summed E-state index contributed by atoms with van der Waals surface area (Å²) >= 11 is 0. The topological polar surface area (TPSA) is 62.2 Å². The molecule has 0 aliphatic carbocycles. The normalized spacial score (nSPS) is 11.3. The maximum atomic E-state index is 12.2. The van der Waals surface area contributed by atoms with E-state index in [2.05, 4.69) is 10.3 Å². The molecule has 4 heteroatoms. The summed E-state index contributed by atoms with van der Waals surface area (Å²) in [5.41, 5.74) is 2.09. The number of aromatic nitrogens is 1. The summed E-state index contributed by atoms with van der Waals surface area (Å²) in [4.78, 5) is 16.5. The van der Waals surface area contributed by atoms with Crippen molar-refractivity contribution in [3.05, 3.63) is 65.5 Å². The highest BCUT2D eigenvalue weighted by molar-refractivity contribution is 5.94. The van der Waals surface area contributed by atoms with Crippen LogP contribution in [0.3, 0.4) is 0 Å². The van der Waals surface area contributed by atoms with Gasteiger partial charge in [-0.3, -0.25) is 9.78 Å². The van der Waals surface area contributed by atoms with Gasteiger partial charge in [0, 0.05) is 24.0 Å². The van der Waals surface area contributed by atoms with Gasteiger partial charge in [-0.25, -0.2) is 0 Å². The summed E-state index contributed by atoms with van der Waals surface area (Å²) in [6, 6.07) is 13.5. The first-order valence-electron chi connectivity index (χ1n) is 8.43. The van der Waals surface area contributed by atoms with E-state index in [9.17, 15) is 9.90 Å². The third-order valence-corrected chi connectivity index (χ3v) is 3.84. The largest absolute Gasteiger partial charge is 0.390 e. The molecule has 2 rings (SSSR count). The Bertz CT molecular complexity index is 648. The van der Waals surface area contributed by atoms with Gasteiger partial charge in [-0.05, 0) is 69.4 Å². The van der Waals surface area contributed by atoms with Gasteiger partial charge in [0.25, 0.3) is 5.91 Å². The average Bonchev–Trinajstić information content (AvgIpc) is 2.57. The number of hydrogen-bond acceptors (Lipinski definition) is 3. The second-order valence-electron chi connectivity index (χ2n) is 6.69. The van der Waals surface area contributed by atoms with Crippen molar-refractivity contribution in [2.75, 3.05) is 6.54 Å². The molecule has 0 saturated heterocycles. The van der Waals surface area contributed by atoms with Crippen molar-refractivity contribution in [2.45, 2.75) is 45.1 Å². The van der Waals surface area contributed by atoms with Gasteiger partial charge in [0.15, 0.2) is 0 Å². The fraction of sp³-hybridized carbons (Fsp3) is 0.400. The van der Waals surface area contributed by atoms with Gasteiger partial charge >= 0.3 is 0 Å². The molecule has 0 aliphatic rings. The first-order valence-corrected chi connectivity index (χ1v) is 8.43. The zero-order valence-corrected chi connectivity index (χ0v) is 14.5. The maximum absolute atomic E-state index is 12.2. The Hall–Kier alpha value is -2.20. The Morgan fingerprint density at radius 1 is 1.17 bits per heavy atom. The molecule has 128 valence electrons. The number of amides is 1. The van der Waals surface area contributed by atoms with Gasteiger partial charge in [0.1, 0.15) is 0 Å². The van der Waals surface area contributed by atoms with Gasteiger partial charge < -0.3 is 10.4 Å². The number of rotatable bonds is 8. The first-order chi connectivity index (χ1) is 11.4. The third kappa shape index (κ3) is 6.50. The summed E-state index contributed by atoms with van der Waals surface area (Å²) < 4.78 is 0. The summed E-state index contributed by atoms with van der Waals surface area (Å²) in [6.07, 6.45) is 4.92. The van der Waals surface area contributed by atoms with Crippen molar-refractivity contribution in [3.63, 3.8) is 0 Å². The standard InChI is InChI=1S/C20H26N2O2/c1-20(2,24)12-11-16-7-5-8-17(15-16)19(23)22-14-6-10-18-9-3-4-13-21-18/h3-5,7-9,13,15,24H,6,10-12,14H2,1-2H3,(H,22,23). The molecule has 0 radical (unpaired) electrons. The molecule has 1 heterocycles. The SMILES string of the molecule is CC(C)(O)CCc1cccc(C(=O)NCCCc2ccccn2)c1. The number of aliphatic hydroxyl groups is 1. The lowest BCUT2D eigenvalue weighted by molar-refractivity contribution is 0.0714. The minimum absolute atomic E-state index is 0.0545. The van der Waals surface area contributed by atoms with Crippen LogP contribution in [-0.2, 0) is 12.8 Å². The number of nitrogens with one attached hydrogen (secondary N) is 1. The van der Waals surface area contributed by atoms with E-state index in [1.165, 1.54) is 0 Å². The third-order valence-electron chi connectivity index (χ3n) is 3.84. The van der Waals surface area contributed by atoms with Crippen LogP contribution in [0.2, 0.25) is 0 Å². The molecule has 0 fully saturated rings. The highest BCUT2D eigenvalue weighted by atomic mass is 16.3. The van der Waals surface area contributed by atoms with Crippen molar-refractivity contribution < 1.29 is 9.90 Å². The Morgan fingerprint density at radius 3 is 2.71 bits per heavy atom. The van der Waals surface area contributed by atoms with Crippen LogP contribution >= 0.6 is 0 Å². The lowest BCUT2D eigenvalue weighted by Crippen LogP contribution is -2.25. The highest BCUT2D eigenvalue weighted by Gasteiger charge is 2.13. The molecule has 1 aromatic carbocycles. The quantitative estimate of drug-likeness (QED) is 0.733. The summed E-state index contributed by atoms with van der Waals surface area (Å²) in [6.45, 7) is 4.22. The van der Waals surface area contributed by atoms with Crippen molar-refractivity contribution in [2.24, 2.45) is 0 Å². The Balaban J connectivity index is 1.79. The zero-order chi connectivity index (χ0) is 17.4. The number of hydrogen-bond donors (Lipinski definition) is 2. The monoisotopic (exact) mass is 326 g/mol. The van der Waals surface area contributed by atoms with Crippen LogP contribution in [0.15, 0.2) is 48.7 Å². The predicted molar refractivity (Wildman–Crippen MR) is 96.0 cm³/mol. The number of nitrogens with zero attached hydrogens (tertiary/aromatic N) is 1. The van der Waals surface area contributed by atoms with E-state index in [-0.39, 0.29) is 5.91 Å². The fourth-order valence-corrected chi connectivity index (χ4v) is 2.44. The Morgan fingerprint density at radius 2 is 2.00 bits per heavy atom. The average molecular weight is 326 g/mol. The van der Waals surface area contributed by atoms with Gasteiger partial charge in [0.2, 0.25) is 0 Å². The Kier molecular flexibility index (Phi) is 6.50. The minimum Gasteiger partial charge on any atom is -0.390 e. The molecule has 0 saturated carbocycles. The predicted octanol–water partition coefficient (Wildman–Crippen LogP) is 3.15. The Labute approximate surface area is 143 Å². The first kappa shape index (κ1) is 18.1. The molecule has 2 aromatic rings. The van der Waals surface area contributed by atoms with Crippen LogP contribution in [0.1, 0.15) is 48.3 Å². The zero-order valence-electron chi connectivity index (χ0n) is 14.5. The lowest BCUT2D eigenvalue weighted by Gasteiger charge is -2.16. The summed E-state index contributed by atoms with van der Waals surface area (Å²) in [5.74, 6) is -0.0545. The molecule has 1 aromatic heterocycles. The summed E-state index contributed by atoms with van der Waals surface area (Å²) in [7, 11) is 0. The van der Waals surface area contributed by atoms with Gasteiger partial charge in [-0.15, -0.1) is 0 Å². The van der Waals surface area contributed by atoms with Crippen molar-refractivity contribution >= 4 is 5.91 Å². The highest BCUT2D eigenvalue weighted by Crippen LogP contribution is 2.14. The number of carbonyl (C=O) groups is 1.